The normalized spacial score (nSPS) is 31.9. The predicted molar refractivity (Wildman–Crippen MR) is 89.2 cm³/mol. The van der Waals surface area contributed by atoms with Gasteiger partial charge in [0, 0.05) is 12.6 Å². The molecule has 3 atom stereocenters. The first kappa shape index (κ1) is 15.8. The number of aliphatic hydroxyl groups is 1. The van der Waals surface area contributed by atoms with E-state index in [4.69, 9.17) is 0 Å². The summed E-state index contributed by atoms with van der Waals surface area (Å²) in [6, 6.07) is 6.43. The Balaban J connectivity index is 1.88. The number of phenolic OH excluding ortho intramolecular Hbond substituents is 1. The van der Waals surface area contributed by atoms with E-state index in [1.807, 2.05) is 26.0 Å². The summed E-state index contributed by atoms with van der Waals surface area (Å²) >= 11 is 0. The number of phenols is 1. The molecule has 2 N–H and O–H groups in total. The van der Waals surface area contributed by atoms with Crippen molar-refractivity contribution < 1.29 is 10.2 Å². The second kappa shape index (κ2) is 5.24. The lowest BCUT2D eigenvalue weighted by Gasteiger charge is -2.55. The quantitative estimate of drug-likeness (QED) is 0.902. The molecule has 2 bridgehead atoms. The second-order valence-electron chi connectivity index (χ2n) is 8.17. The van der Waals surface area contributed by atoms with Crippen molar-refractivity contribution in [2.24, 2.45) is 5.92 Å². The molecule has 1 aromatic carbocycles. The van der Waals surface area contributed by atoms with Gasteiger partial charge in [-0.1, -0.05) is 19.9 Å². The number of fused-ring (bicyclic) bond motifs is 4. The zero-order chi connectivity index (χ0) is 16.1. The van der Waals surface area contributed by atoms with Gasteiger partial charge in [-0.05, 0) is 74.2 Å². The van der Waals surface area contributed by atoms with Gasteiger partial charge in [0.05, 0.1) is 5.60 Å². The van der Waals surface area contributed by atoms with E-state index in [0.29, 0.717) is 17.7 Å². The van der Waals surface area contributed by atoms with Crippen LogP contribution in [0.4, 0.5) is 0 Å². The van der Waals surface area contributed by atoms with Crippen LogP contribution in [0.5, 0.6) is 5.75 Å². The highest BCUT2D eigenvalue weighted by molar-refractivity contribution is 5.44. The molecule has 0 spiro atoms. The third-order valence-corrected chi connectivity index (χ3v) is 6.12. The lowest BCUT2D eigenvalue weighted by molar-refractivity contribution is 0.00414. The van der Waals surface area contributed by atoms with Gasteiger partial charge in [-0.3, -0.25) is 4.90 Å². The largest absolute Gasteiger partial charge is 0.508 e. The molecule has 1 aromatic rings. The zero-order valence-electron chi connectivity index (χ0n) is 14.3. The molecule has 0 radical (unpaired) electrons. The average molecular weight is 303 g/mol. The lowest BCUT2D eigenvalue weighted by Crippen LogP contribution is -2.58. The summed E-state index contributed by atoms with van der Waals surface area (Å²) in [5.74, 6) is 0.951. The summed E-state index contributed by atoms with van der Waals surface area (Å²) in [5, 5.41) is 19.9. The molecular formula is C19H29NO2. The highest BCUT2D eigenvalue weighted by Gasteiger charge is 2.48. The molecule has 2 aliphatic rings. The van der Waals surface area contributed by atoms with Gasteiger partial charge in [-0.2, -0.15) is 0 Å². The van der Waals surface area contributed by atoms with Crippen molar-refractivity contribution in [3.63, 3.8) is 0 Å². The first-order valence-corrected chi connectivity index (χ1v) is 8.49. The highest BCUT2D eigenvalue weighted by Crippen LogP contribution is 2.49. The number of nitrogens with zero attached hydrogens (tertiary/aromatic N) is 1. The van der Waals surface area contributed by atoms with E-state index in [1.165, 1.54) is 11.1 Å². The van der Waals surface area contributed by atoms with Crippen LogP contribution in [0.3, 0.4) is 0 Å². The van der Waals surface area contributed by atoms with Gasteiger partial charge in [0.1, 0.15) is 5.75 Å². The molecule has 0 saturated carbocycles. The van der Waals surface area contributed by atoms with Gasteiger partial charge >= 0.3 is 0 Å². The molecule has 1 heterocycles. The third-order valence-electron chi connectivity index (χ3n) is 6.12. The van der Waals surface area contributed by atoms with Crippen LogP contribution in [0, 0.1) is 5.92 Å². The van der Waals surface area contributed by atoms with Crippen molar-refractivity contribution in [1.82, 2.24) is 4.90 Å². The fourth-order valence-electron chi connectivity index (χ4n) is 4.39. The van der Waals surface area contributed by atoms with Crippen molar-refractivity contribution in [1.29, 1.82) is 0 Å². The molecule has 22 heavy (non-hydrogen) atoms. The minimum atomic E-state index is -0.595. The summed E-state index contributed by atoms with van der Waals surface area (Å²) in [7, 11) is 0. The topological polar surface area (TPSA) is 43.7 Å². The summed E-state index contributed by atoms with van der Waals surface area (Å²) in [6.45, 7) is 10.5. The van der Waals surface area contributed by atoms with Crippen LogP contribution < -0.4 is 0 Å². The molecule has 0 unspecified atom stereocenters. The average Bonchev–Trinajstić information content (AvgIpc) is 2.42. The number of piperidine rings is 1. The fraction of sp³-hybridized carbons (Fsp3) is 0.684. The van der Waals surface area contributed by atoms with Crippen molar-refractivity contribution in [2.75, 3.05) is 13.1 Å². The fourth-order valence-corrected chi connectivity index (χ4v) is 4.39. The van der Waals surface area contributed by atoms with Crippen LogP contribution in [0.15, 0.2) is 18.2 Å². The Morgan fingerprint density at radius 2 is 2.09 bits per heavy atom. The Morgan fingerprint density at radius 1 is 1.36 bits per heavy atom. The molecule has 122 valence electrons. The van der Waals surface area contributed by atoms with E-state index >= 15 is 0 Å². The Morgan fingerprint density at radius 3 is 2.77 bits per heavy atom. The Hall–Kier alpha value is -1.06. The van der Waals surface area contributed by atoms with Crippen LogP contribution in [-0.4, -0.2) is 39.8 Å². The monoisotopic (exact) mass is 303 g/mol. The molecule has 1 saturated heterocycles. The molecule has 0 amide bonds. The molecular weight excluding hydrogens is 274 g/mol. The zero-order valence-corrected chi connectivity index (χ0v) is 14.3. The number of aromatic hydroxyl groups is 1. The van der Waals surface area contributed by atoms with Gasteiger partial charge in [0.15, 0.2) is 0 Å². The Kier molecular flexibility index (Phi) is 3.77. The van der Waals surface area contributed by atoms with Gasteiger partial charge in [-0.25, -0.2) is 0 Å². The number of likely N-dealkylation sites (tertiary alicyclic amines) is 1. The third kappa shape index (κ3) is 2.65. The van der Waals surface area contributed by atoms with Crippen molar-refractivity contribution >= 4 is 0 Å². The Labute approximate surface area is 134 Å². The molecule has 3 heteroatoms. The summed E-state index contributed by atoms with van der Waals surface area (Å²) in [4.78, 5) is 2.57. The van der Waals surface area contributed by atoms with Crippen LogP contribution >= 0.6 is 0 Å². The molecule has 1 aliphatic heterocycles. The van der Waals surface area contributed by atoms with Gasteiger partial charge in [0.25, 0.3) is 0 Å². The maximum absolute atomic E-state index is 10.0. The minimum Gasteiger partial charge on any atom is -0.508 e. The summed E-state index contributed by atoms with van der Waals surface area (Å²) < 4.78 is 0. The van der Waals surface area contributed by atoms with E-state index in [1.54, 1.807) is 0 Å². The van der Waals surface area contributed by atoms with E-state index in [-0.39, 0.29) is 5.41 Å². The van der Waals surface area contributed by atoms with Gasteiger partial charge in [-0.15, -0.1) is 0 Å². The summed E-state index contributed by atoms with van der Waals surface area (Å²) in [5.41, 5.74) is 2.29. The number of rotatable bonds is 3. The first-order chi connectivity index (χ1) is 10.2. The van der Waals surface area contributed by atoms with Crippen LogP contribution in [0.2, 0.25) is 0 Å². The second-order valence-corrected chi connectivity index (χ2v) is 8.17. The summed E-state index contributed by atoms with van der Waals surface area (Å²) in [6.07, 6.45) is 2.99. The molecule has 1 fully saturated rings. The van der Waals surface area contributed by atoms with E-state index in [9.17, 15) is 10.2 Å². The minimum absolute atomic E-state index is 0.155. The number of hydrogen-bond donors (Lipinski definition) is 2. The maximum atomic E-state index is 10.0. The van der Waals surface area contributed by atoms with Crippen LogP contribution in [0.1, 0.15) is 51.7 Å². The van der Waals surface area contributed by atoms with Gasteiger partial charge < -0.3 is 10.2 Å². The van der Waals surface area contributed by atoms with Crippen molar-refractivity contribution in [3.8, 4) is 5.75 Å². The molecule has 0 aromatic heterocycles. The van der Waals surface area contributed by atoms with Crippen LogP contribution in [-0.2, 0) is 11.8 Å². The van der Waals surface area contributed by atoms with Crippen molar-refractivity contribution in [2.45, 2.75) is 64.0 Å². The van der Waals surface area contributed by atoms with Crippen LogP contribution in [0.25, 0.3) is 0 Å². The number of hydrogen-bond acceptors (Lipinski definition) is 3. The first-order valence-electron chi connectivity index (χ1n) is 8.49. The SMILES string of the molecule is C[C@H]1[C@H]2Cc3ccc(O)cc3[C@]1(C)CCN2CCC(C)(C)O. The standard InChI is InChI=1S/C19H29NO2/c1-13-17-11-14-5-6-15(21)12-16(14)19(13,4)8-10-20(17)9-7-18(2,3)22/h5-6,12-13,17,21-22H,7-11H2,1-4H3/t13-,17+,19+/m0/s1. The smallest absolute Gasteiger partial charge is 0.115 e. The predicted octanol–water partition coefficient (Wildman–Crippen LogP) is 3.08. The van der Waals surface area contributed by atoms with E-state index < -0.39 is 5.60 Å². The van der Waals surface area contributed by atoms with E-state index in [2.05, 4.69) is 24.8 Å². The Bertz CT molecular complexity index is 563. The number of benzene rings is 1. The molecule has 3 nitrogen and oxygen atoms in total. The van der Waals surface area contributed by atoms with E-state index in [0.717, 1.165) is 32.4 Å². The highest BCUT2D eigenvalue weighted by atomic mass is 16.3. The maximum Gasteiger partial charge on any atom is 0.115 e. The van der Waals surface area contributed by atoms with Crippen molar-refractivity contribution in [3.05, 3.63) is 29.3 Å². The molecule has 3 rings (SSSR count). The lowest BCUT2D eigenvalue weighted by atomic mass is 9.59. The van der Waals surface area contributed by atoms with Gasteiger partial charge in [0.2, 0.25) is 0 Å². The molecule has 1 aliphatic carbocycles.